The quantitative estimate of drug-likeness (QED) is 0.782. The monoisotopic (exact) mass is 278 g/mol. The summed E-state index contributed by atoms with van der Waals surface area (Å²) in [6, 6.07) is 17.4. The molecular weight excluding hydrogens is 260 g/mol. The lowest BCUT2D eigenvalue weighted by Gasteiger charge is -2.16. The number of aromatic nitrogens is 1. The lowest BCUT2D eigenvalue weighted by atomic mass is 9.96. The molecule has 0 aliphatic heterocycles. The second-order valence-electron chi connectivity index (χ2n) is 5.36. The molecule has 0 saturated heterocycles. The third-order valence-corrected chi connectivity index (χ3v) is 3.78. The van der Waals surface area contributed by atoms with Gasteiger partial charge in [-0.3, -0.25) is 9.20 Å². The van der Waals surface area contributed by atoms with Crippen LogP contribution in [0, 0.1) is 6.92 Å². The van der Waals surface area contributed by atoms with Crippen molar-refractivity contribution in [1.82, 2.24) is 4.40 Å². The van der Waals surface area contributed by atoms with E-state index in [1.54, 1.807) is 4.40 Å². The number of hydrogen-bond acceptors (Lipinski definition) is 2. The molecular formula is C18H18N2O. The molecule has 2 N–H and O–H groups in total. The van der Waals surface area contributed by atoms with Gasteiger partial charge in [0.05, 0.1) is 5.56 Å². The maximum absolute atomic E-state index is 13.0. The molecule has 3 rings (SSSR count). The SMILES string of the molecule is Cc1cccc2cc(C(C)N)c(-c3ccccc3)c(=O)n12. The second-order valence-corrected chi connectivity index (χ2v) is 5.36. The molecule has 0 amide bonds. The van der Waals surface area contributed by atoms with Crippen molar-refractivity contribution >= 4 is 5.52 Å². The first-order valence-corrected chi connectivity index (χ1v) is 7.06. The van der Waals surface area contributed by atoms with Crippen LogP contribution in [0.4, 0.5) is 0 Å². The maximum atomic E-state index is 13.0. The van der Waals surface area contributed by atoms with Crippen LogP contribution >= 0.6 is 0 Å². The zero-order valence-electron chi connectivity index (χ0n) is 12.2. The minimum Gasteiger partial charge on any atom is -0.324 e. The van der Waals surface area contributed by atoms with E-state index in [2.05, 4.69) is 0 Å². The molecule has 1 aromatic carbocycles. The number of nitrogens with zero attached hydrogens (tertiary/aromatic N) is 1. The lowest BCUT2D eigenvalue weighted by Crippen LogP contribution is -2.22. The van der Waals surface area contributed by atoms with Gasteiger partial charge < -0.3 is 5.73 Å². The fourth-order valence-electron chi connectivity index (χ4n) is 2.75. The minimum atomic E-state index is -0.196. The molecule has 0 aliphatic rings. The highest BCUT2D eigenvalue weighted by Gasteiger charge is 2.16. The van der Waals surface area contributed by atoms with Crippen molar-refractivity contribution in [3.05, 3.63) is 76.2 Å². The van der Waals surface area contributed by atoms with Crippen molar-refractivity contribution in [2.45, 2.75) is 19.9 Å². The Balaban J connectivity index is 2.47. The van der Waals surface area contributed by atoms with E-state index in [4.69, 9.17) is 5.73 Å². The van der Waals surface area contributed by atoms with Crippen molar-refractivity contribution in [2.75, 3.05) is 0 Å². The summed E-state index contributed by atoms with van der Waals surface area (Å²) in [5.74, 6) is 0. The molecule has 0 fully saturated rings. The third kappa shape index (κ3) is 2.26. The van der Waals surface area contributed by atoms with Crippen LogP contribution in [0.25, 0.3) is 16.6 Å². The molecule has 3 heteroatoms. The van der Waals surface area contributed by atoms with Crippen LogP contribution in [0.15, 0.2) is 59.4 Å². The fourth-order valence-corrected chi connectivity index (χ4v) is 2.75. The van der Waals surface area contributed by atoms with Gasteiger partial charge in [0, 0.05) is 17.3 Å². The Labute approximate surface area is 123 Å². The van der Waals surface area contributed by atoms with Gasteiger partial charge in [0.25, 0.3) is 5.56 Å². The van der Waals surface area contributed by atoms with Crippen LogP contribution < -0.4 is 11.3 Å². The van der Waals surface area contributed by atoms with Crippen molar-refractivity contribution in [2.24, 2.45) is 5.73 Å². The van der Waals surface area contributed by atoms with Gasteiger partial charge in [-0.1, -0.05) is 36.4 Å². The van der Waals surface area contributed by atoms with Crippen molar-refractivity contribution in [3.8, 4) is 11.1 Å². The van der Waals surface area contributed by atoms with E-state index in [9.17, 15) is 4.79 Å². The number of nitrogens with two attached hydrogens (primary N) is 1. The number of aryl methyl sites for hydroxylation is 1. The smallest absolute Gasteiger partial charge is 0.263 e. The van der Waals surface area contributed by atoms with Crippen LogP contribution in [0.5, 0.6) is 0 Å². The number of hydrogen-bond donors (Lipinski definition) is 1. The number of fused-ring (bicyclic) bond motifs is 1. The van der Waals surface area contributed by atoms with E-state index < -0.39 is 0 Å². The summed E-state index contributed by atoms with van der Waals surface area (Å²) in [6.07, 6.45) is 0. The topological polar surface area (TPSA) is 47.5 Å². The van der Waals surface area contributed by atoms with Crippen molar-refractivity contribution in [3.63, 3.8) is 0 Å². The van der Waals surface area contributed by atoms with Crippen LogP contribution in [0.1, 0.15) is 24.2 Å². The molecule has 106 valence electrons. The number of pyridine rings is 2. The maximum Gasteiger partial charge on any atom is 0.263 e. The van der Waals surface area contributed by atoms with Gasteiger partial charge in [-0.2, -0.15) is 0 Å². The Bertz CT molecular complexity index is 848. The van der Waals surface area contributed by atoms with E-state index in [0.29, 0.717) is 5.56 Å². The first-order valence-electron chi connectivity index (χ1n) is 7.06. The van der Waals surface area contributed by atoms with Crippen LogP contribution in [0.2, 0.25) is 0 Å². The summed E-state index contributed by atoms with van der Waals surface area (Å²) in [6.45, 7) is 3.85. The molecule has 0 saturated carbocycles. The van der Waals surface area contributed by atoms with E-state index in [-0.39, 0.29) is 11.6 Å². The van der Waals surface area contributed by atoms with Crippen LogP contribution in [0.3, 0.4) is 0 Å². The summed E-state index contributed by atoms with van der Waals surface area (Å²) in [4.78, 5) is 13.0. The minimum absolute atomic E-state index is 0.0101. The van der Waals surface area contributed by atoms with Gasteiger partial charge in [0.15, 0.2) is 0 Å². The molecule has 21 heavy (non-hydrogen) atoms. The fraction of sp³-hybridized carbons (Fsp3) is 0.167. The van der Waals surface area contributed by atoms with Gasteiger partial charge >= 0.3 is 0 Å². The molecule has 2 aromatic heterocycles. The van der Waals surface area contributed by atoms with E-state index >= 15 is 0 Å². The van der Waals surface area contributed by atoms with E-state index in [0.717, 1.165) is 22.3 Å². The molecule has 3 nitrogen and oxygen atoms in total. The second kappa shape index (κ2) is 5.19. The van der Waals surface area contributed by atoms with Crippen molar-refractivity contribution in [1.29, 1.82) is 0 Å². The Morgan fingerprint density at radius 2 is 1.76 bits per heavy atom. The highest BCUT2D eigenvalue weighted by Crippen LogP contribution is 2.25. The summed E-state index contributed by atoms with van der Waals surface area (Å²) < 4.78 is 1.74. The zero-order valence-corrected chi connectivity index (χ0v) is 12.2. The average Bonchev–Trinajstić information content (AvgIpc) is 2.47. The zero-order chi connectivity index (χ0) is 15.0. The Hall–Kier alpha value is -2.39. The van der Waals surface area contributed by atoms with Crippen LogP contribution in [-0.4, -0.2) is 4.40 Å². The summed E-state index contributed by atoms with van der Waals surface area (Å²) in [7, 11) is 0. The van der Waals surface area contributed by atoms with E-state index in [1.807, 2.05) is 68.4 Å². The lowest BCUT2D eigenvalue weighted by molar-refractivity contribution is 0.814. The summed E-state index contributed by atoms with van der Waals surface area (Å²) in [5.41, 5.74) is 10.4. The van der Waals surface area contributed by atoms with Gasteiger partial charge in [0.2, 0.25) is 0 Å². The van der Waals surface area contributed by atoms with Gasteiger partial charge in [0.1, 0.15) is 0 Å². The normalized spacial score (nSPS) is 12.5. The highest BCUT2D eigenvalue weighted by molar-refractivity contribution is 5.70. The molecule has 1 unspecified atom stereocenters. The predicted molar refractivity (Wildman–Crippen MR) is 86.4 cm³/mol. The van der Waals surface area contributed by atoms with Crippen LogP contribution in [-0.2, 0) is 0 Å². The Morgan fingerprint density at radius 1 is 1.05 bits per heavy atom. The summed E-state index contributed by atoms with van der Waals surface area (Å²) in [5, 5.41) is 0. The first kappa shape index (κ1) is 13.6. The number of benzene rings is 1. The molecule has 0 aliphatic carbocycles. The molecule has 0 spiro atoms. The molecule has 0 bridgehead atoms. The molecule has 1 atom stereocenters. The molecule has 3 aromatic rings. The van der Waals surface area contributed by atoms with Crippen molar-refractivity contribution < 1.29 is 0 Å². The Kier molecular flexibility index (Phi) is 3.35. The predicted octanol–water partition coefficient (Wildman–Crippen LogP) is 3.29. The molecule has 0 radical (unpaired) electrons. The Morgan fingerprint density at radius 3 is 2.43 bits per heavy atom. The largest absolute Gasteiger partial charge is 0.324 e. The van der Waals surface area contributed by atoms with E-state index in [1.165, 1.54) is 0 Å². The average molecular weight is 278 g/mol. The van der Waals surface area contributed by atoms with Gasteiger partial charge in [-0.25, -0.2) is 0 Å². The summed E-state index contributed by atoms with van der Waals surface area (Å²) >= 11 is 0. The third-order valence-electron chi connectivity index (χ3n) is 3.78. The first-order chi connectivity index (χ1) is 10.1. The van der Waals surface area contributed by atoms with Gasteiger partial charge in [-0.05, 0) is 43.2 Å². The number of rotatable bonds is 2. The highest BCUT2D eigenvalue weighted by atomic mass is 16.1. The molecule has 2 heterocycles. The standard InChI is InChI=1S/C18H18N2O/c1-12-7-6-10-15-11-16(13(2)19)17(18(21)20(12)15)14-8-4-3-5-9-14/h3-11,13H,19H2,1-2H3. The van der Waals surface area contributed by atoms with Gasteiger partial charge in [-0.15, -0.1) is 0 Å².